The lowest BCUT2D eigenvalue weighted by atomic mass is 10.1. The average molecular weight is 341 g/mol. The molecular formula is C21H31N3O. The summed E-state index contributed by atoms with van der Waals surface area (Å²) in [5.74, 6) is 0.720. The summed E-state index contributed by atoms with van der Waals surface area (Å²) in [5.41, 5.74) is 4.35. The Morgan fingerprint density at radius 2 is 1.88 bits per heavy atom. The number of rotatable bonds is 8. The van der Waals surface area contributed by atoms with Crippen LogP contribution in [0.1, 0.15) is 49.7 Å². The van der Waals surface area contributed by atoms with E-state index in [2.05, 4.69) is 44.9 Å². The van der Waals surface area contributed by atoms with Crippen molar-refractivity contribution < 1.29 is 4.79 Å². The maximum atomic E-state index is 12.9. The minimum atomic E-state index is 0.181. The second kappa shape index (κ2) is 8.84. The molecule has 0 fully saturated rings. The summed E-state index contributed by atoms with van der Waals surface area (Å²) in [6, 6.07) is 10.2. The SMILES string of the molecule is CCCN(Cc1ccccc1)C(=O)Cc1c(C)nn(CC(C)C)c1C. The van der Waals surface area contributed by atoms with Crippen LogP contribution in [0.25, 0.3) is 0 Å². The molecule has 0 aliphatic rings. The fraction of sp³-hybridized carbons (Fsp3) is 0.524. The molecule has 4 nitrogen and oxygen atoms in total. The van der Waals surface area contributed by atoms with E-state index in [1.54, 1.807) is 0 Å². The van der Waals surface area contributed by atoms with Crippen LogP contribution in [0.4, 0.5) is 0 Å². The van der Waals surface area contributed by atoms with Crippen molar-refractivity contribution in [3.05, 3.63) is 52.8 Å². The Bertz CT molecular complexity index is 689. The molecule has 1 heterocycles. The van der Waals surface area contributed by atoms with Crippen LogP contribution in [-0.2, 0) is 24.3 Å². The molecule has 1 aromatic heterocycles. The fourth-order valence-corrected chi connectivity index (χ4v) is 3.14. The van der Waals surface area contributed by atoms with Gasteiger partial charge in [0.15, 0.2) is 0 Å². The van der Waals surface area contributed by atoms with Crippen LogP contribution in [0.3, 0.4) is 0 Å². The van der Waals surface area contributed by atoms with Crippen molar-refractivity contribution in [1.82, 2.24) is 14.7 Å². The highest BCUT2D eigenvalue weighted by Gasteiger charge is 2.19. The average Bonchev–Trinajstić information content (AvgIpc) is 2.82. The van der Waals surface area contributed by atoms with E-state index in [1.807, 2.05) is 34.7 Å². The first-order valence-corrected chi connectivity index (χ1v) is 9.27. The summed E-state index contributed by atoms with van der Waals surface area (Å²) in [5, 5.41) is 4.64. The third kappa shape index (κ3) is 5.18. The summed E-state index contributed by atoms with van der Waals surface area (Å²) in [6.07, 6.45) is 1.39. The van der Waals surface area contributed by atoms with Crippen LogP contribution in [0.5, 0.6) is 0 Å². The van der Waals surface area contributed by atoms with Gasteiger partial charge in [0.2, 0.25) is 5.91 Å². The Morgan fingerprint density at radius 1 is 1.20 bits per heavy atom. The van der Waals surface area contributed by atoms with Gasteiger partial charge in [0.1, 0.15) is 0 Å². The molecule has 136 valence electrons. The fourth-order valence-electron chi connectivity index (χ4n) is 3.14. The molecule has 1 aromatic carbocycles. The molecule has 0 aliphatic heterocycles. The summed E-state index contributed by atoms with van der Waals surface area (Å²) in [6.45, 7) is 12.9. The predicted molar refractivity (Wildman–Crippen MR) is 102 cm³/mol. The molecule has 0 spiro atoms. The molecule has 0 radical (unpaired) electrons. The Hall–Kier alpha value is -2.10. The number of carbonyl (C=O) groups is 1. The number of nitrogens with zero attached hydrogens (tertiary/aromatic N) is 3. The summed E-state index contributed by atoms with van der Waals surface area (Å²) >= 11 is 0. The van der Waals surface area contributed by atoms with Crippen LogP contribution in [0.2, 0.25) is 0 Å². The van der Waals surface area contributed by atoms with E-state index >= 15 is 0 Å². The predicted octanol–water partition coefficient (Wildman–Crippen LogP) is 4.14. The Balaban J connectivity index is 2.14. The minimum Gasteiger partial charge on any atom is -0.338 e. The van der Waals surface area contributed by atoms with Gasteiger partial charge in [-0.25, -0.2) is 0 Å². The van der Waals surface area contributed by atoms with Crippen molar-refractivity contribution in [3.63, 3.8) is 0 Å². The maximum absolute atomic E-state index is 12.9. The van der Waals surface area contributed by atoms with E-state index in [-0.39, 0.29) is 5.91 Å². The Morgan fingerprint density at radius 3 is 2.48 bits per heavy atom. The quantitative estimate of drug-likeness (QED) is 0.724. The third-order valence-electron chi connectivity index (χ3n) is 4.46. The molecule has 25 heavy (non-hydrogen) atoms. The number of aryl methyl sites for hydroxylation is 1. The summed E-state index contributed by atoms with van der Waals surface area (Å²) < 4.78 is 2.05. The van der Waals surface area contributed by atoms with Gasteiger partial charge in [0.25, 0.3) is 0 Å². The number of hydrogen-bond donors (Lipinski definition) is 0. The molecule has 0 bridgehead atoms. The second-order valence-electron chi connectivity index (χ2n) is 7.20. The van der Waals surface area contributed by atoms with E-state index in [9.17, 15) is 4.79 Å². The van der Waals surface area contributed by atoms with Gasteiger partial charge >= 0.3 is 0 Å². The number of aromatic nitrogens is 2. The second-order valence-corrected chi connectivity index (χ2v) is 7.20. The van der Waals surface area contributed by atoms with Crippen molar-refractivity contribution in [2.45, 2.75) is 60.5 Å². The molecular weight excluding hydrogens is 310 g/mol. The number of benzene rings is 1. The van der Waals surface area contributed by atoms with Crippen molar-refractivity contribution in [2.24, 2.45) is 5.92 Å². The van der Waals surface area contributed by atoms with E-state index < -0.39 is 0 Å². The maximum Gasteiger partial charge on any atom is 0.227 e. The molecule has 4 heteroatoms. The van der Waals surface area contributed by atoms with E-state index in [1.165, 1.54) is 5.56 Å². The summed E-state index contributed by atoms with van der Waals surface area (Å²) in [4.78, 5) is 14.9. The molecule has 0 N–H and O–H groups in total. The molecule has 1 amide bonds. The van der Waals surface area contributed by atoms with Gasteiger partial charge in [-0.1, -0.05) is 51.1 Å². The van der Waals surface area contributed by atoms with Crippen molar-refractivity contribution >= 4 is 5.91 Å². The molecule has 0 aliphatic carbocycles. The first-order chi connectivity index (χ1) is 11.9. The third-order valence-corrected chi connectivity index (χ3v) is 4.46. The van der Waals surface area contributed by atoms with Gasteiger partial charge in [0, 0.05) is 30.9 Å². The van der Waals surface area contributed by atoms with Crippen molar-refractivity contribution in [2.75, 3.05) is 6.54 Å². The van der Waals surface area contributed by atoms with Crippen LogP contribution >= 0.6 is 0 Å². The Labute approximate surface area is 151 Å². The van der Waals surface area contributed by atoms with Crippen LogP contribution < -0.4 is 0 Å². The normalized spacial score (nSPS) is 11.1. The van der Waals surface area contributed by atoms with Gasteiger partial charge in [-0.2, -0.15) is 5.10 Å². The van der Waals surface area contributed by atoms with Gasteiger partial charge < -0.3 is 4.90 Å². The van der Waals surface area contributed by atoms with Gasteiger partial charge in [-0.05, 0) is 31.7 Å². The van der Waals surface area contributed by atoms with E-state index in [0.29, 0.717) is 18.9 Å². The van der Waals surface area contributed by atoms with Crippen molar-refractivity contribution in [1.29, 1.82) is 0 Å². The largest absolute Gasteiger partial charge is 0.338 e. The highest BCUT2D eigenvalue weighted by molar-refractivity contribution is 5.79. The minimum absolute atomic E-state index is 0.181. The number of hydrogen-bond acceptors (Lipinski definition) is 2. The van der Waals surface area contributed by atoms with Crippen molar-refractivity contribution in [3.8, 4) is 0 Å². The van der Waals surface area contributed by atoms with E-state index in [4.69, 9.17) is 0 Å². The van der Waals surface area contributed by atoms with Gasteiger partial charge in [-0.15, -0.1) is 0 Å². The smallest absolute Gasteiger partial charge is 0.227 e. The summed E-state index contributed by atoms with van der Waals surface area (Å²) in [7, 11) is 0. The first kappa shape index (κ1) is 19.2. The molecule has 2 aromatic rings. The Kier molecular flexibility index (Phi) is 6.80. The van der Waals surface area contributed by atoms with Gasteiger partial charge in [-0.3, -0.25) is 9.48 Å². The van der Waals surface area contributed by atoms with Gasteiger partial charge in [0.05, 0.1) is 12.1 Å². The van der Waals surface area contributed by atoms with Crippen LogP contribution in [-0.4, -0.2) is 27.1 Å². The monoisotopic (exact) mass is 341 g/mol. The van der Waals surface area contributed by atoms with Crippen LogP contribution in [0.15, 0.2) is 30.3 Å². The van der Waals surface area contributed by atoms with E-state index in [0.717, 1.165) is 36.5 Å². The standard InChI is InChI=1S/C21H31N3O/c1-6-12-23(15-19-10-8-7-9-11-19)21(25)13-20-17(4)22-24(18(20)5)14-16(2)3/h7-11,16H,6,12-15H2,1-5H3. The highest BCUT2D eigenvalue weighted by atomic mass is 16.2. The number of amides is 1. The zero-order valence-corrected chi connectivity index (χ0v) is 16.2. The zero-order chi connectivity index (χ0) is 18.4. The molecule has 2 rings (SSSR count). The molecule has 0 saturated carbocycles. The lowest BCUT2D eigenvalue weighted by molar-refractivity contribution is -0.131. The number of carbonyl (C=O) groups excluding carboxylic acids is 1. The molecule has 0 unspecified atom stereocenters. The van der Waals surface area contributed by atoms with Crippen LogP contribution in [0, 0.1) is 19.8 Å². The first-order valence-electron chi connectivity index (χ1n) is 9.27. The lowest BCUT2D eigenvalue weighted by Gasteiger charge is -2.22. The highest BCUT2D eigenvalue weighted by Crippen LogP contribution is 2.17. The molecule has 0 saturated heterocycles. The lowest BCUT2D eigenvalue weighted by Crippen LogP contribution is -2.32. The zero-order valence-electron chi connectivity index (χ0n) is 16.2. The topological polar surface area (TPSA) is 38.1 Å². The molecule has 0 atom stereocenters.